The van der Waals surface area contributed by atoms with E-state index in [0.717, 1.165) is 5.56 Å². The molecule has 1 unspecified atom stereocenters. The fourth-order valence-electron chi connectivity index (χ4n) is 1.25. The highest BCUT2D eigenvalue weighted by molar-refractivity contribution is 5.89. The number of ether oxygens (including phenoxy) is 2. The van der Waals surface area contributed by atoms with Crippen LogP contribution in [0.25, 0.3) is 0 Å². The number of benzene rings is 1. The normalized spacial score (nSPS) is 11.6. The minimum absolute atomic E-state index is 0.107. The lowest BCUT2D eigenvalue weighted by atomic mass is 10.1. The van der Waals surface area contributed by atoms with Crippen molar-refractivity contribution in [2.75, 3.05) is 13.7 Å². The van der Waals surface area contributed by atoms with Crippen molar-refractivity contribution in [3.8, 4) is 6.07 Å². The highest BCUT2D eigenvalue weighted by Gasteiger charge is 2.04. The Morgan fingerprint density at radius 2 is 2.06 bits per heavy atom. The van der Waals surface area contributed by atoms with Crippen molar-refractivity contribution >= 4 is 5.97 Å². The summed E-state index contributed by atoms with van der Waals surface area (Å²) in [7, 11) is 1.35. The Morgan fingerprint density at radius 3 is 2.59 bits per heavy atom. The molecule has 1 aromatic rings. The Labute approximate surface area is 101 Å². The maximum absolute atomic E-state index is 11.2. The maximum atomic E-state index is 11.2. The quantitative estimate of drug-likeness (QED) is 0.731. The molecule has 0 heterocycles. The molecule has 1 atom stereocenters. The van der Waals surface area contributed by atoms with Crippen LogP contribution in [0, 0.1) is 17.2 Å². The van der Waals surface area contributed by atoms with Crippen molar-refractivity contribution < 1.29 is 14.3 Å². The Bertz CT molecular complexity index is 406. The summed E-state index contributed by atoms with van der Waals surface area (Å²) >= 11 is 0. The Morgan fingerprint density at radius 1 is 1.41 bits per heavy atom. The molecule has 0 saturated heterocycles. The van der Waals surface area contributed by atoms with Crippen LogP contribution >= 0.6 is 0 Å². The zero-order chi connectivity index (χ0) is 12.7. The van der Waals surface area contributed by atoms with Gasteiger partial charge in [0, 0.05) is 0 Å². The summed E-state index contributed by atoms with van der Waals surface area (Å²) in [6.45, 7) is 2.66. The van der Waals surface area contributed by atoms with Crippen LogP contribution in [-0.2, 0) is 16.1 Å². The fourth-order valence-corrected chi connectivity index (χ4v) is 1.25. The third-order valence-corrected chi connectivity index (χ3v) is 2.23. The third-order valence-electron chi connectivity index (χ3n) is 2.23. The molecule has 0 aliphatic carbocycles. The van der Waals surface area contributed by atoms with E-state index in [1.807, 2.05) is 12.1 Å². The molecule has 0 radical (unpaired) electrons. The zero-order valence-corrected chi connectivity index (χ0v) is 9.97. The monoisotopic (exact) mass is 233 g/mol. The second-order valence-corrected chi connectivity index (χ2v) is 3.73. The fraction of sp³-hybridized carbons (Fsp3) is 0.385. The molecular formula is C13H15NO3. The van der Waals surface area contributed by atoms with Gasteiger partial charge in [-0.2, -0.15) is 5.26 Å². The van der Waals surface area contributed by atoms with Gasteiger partial charge in [-0.3, -0.25) is 0 Å². The number of carbonyl (C=O) groups is 1. The lowest BCUT2D eigenvalue weighted by molar-refractivity contribution is 0.0600. The lowest BCUT2D eigenvalue weighted by Gasteiger charge is -2.06. The van der Waals surface area contributed by atoms with Gasteiger partial charge in [-0.1, -0.05) is 12.1 Å². The number of nitriles is 1. The molecule has 1 aromatic carbocycles. The Kier molecular flexibility index (Phi) is 5.18. The topological polar surface area (TPSA) is 59.3 Å². The number of rotatable bonds is 5. The Balaban J connectivity index is 2.46. The summed E-state index contributed by atoms with van der Waals surface area (Å²) in [6, 6.07) is 9.10. The second-order valence-electron chi connectivity index (χ2n) is 3.73. The van der Waals surface area contributed by atoms with E-state index in [2.05, 4.69) is 10.8 Å². The molecule has 4 nitrogen and oxygen atoms in total. The lowest BCUT2D eigenvalue weighted by Crippen LogP contribution is -2.04. The summed E-state index contributed by atoms with van der Waals surface area (Å²) in [5.41, 5.74) is 1.48. The molecule has 0 amide bonds. The van der Waals surface area contributed by atoms with Crippen molar-refractivity contribution in [3.63, 3.8) is 0 Å². The number of hydrogen-bond acceptors (Lipinski definition) is 4. The van der Waals surface area contributed by atoms with Crippen LogP contribution < -0.4 is 0 Å². The predicted octanol–water partition coefficient (Wildman–Crippen LogP) is 2.15. The van der Waals surface area contributed by atoms with Gasteiger partial charge in [0.15, 0.2) is 0 Å². The highest BCUT2D eigenvalue weighted by atomic mass is 16.5. The largest absolute Gasteiger partial charge is 0.465 e. The number of carbonyl (C=O) groups excluding carboxylic acids is 1. The van der Waals surface area contributed by atoms with Crippen LogP contribution in [0.4, 0.5) is 0 Å². The molecular weight excluding hydrogens is 218 g/mol. The molecule has 0 aliphatic heterocycles. The van der Waals surface area contributed by atoms with Gasteiger partial charge in [0.05, 0.1) is 37.9 Å². The van der Waals surface area contributed by atoms with Crippen molar-refractivity contribution in [1.82, 2.24) is 0 Å². The molecule has 0 spiro atoms. The number of methoxy groups -OCH3 is 1. The third kappa shape index (κ3) is 4.25. The maximum Gasteiger partial charge on any atom is 0.337 e. The van der Waals surface area contributed by atoms with Crippen molar-refractivity contribution in [2.24, 2.45) is 5.92 Å². The molecule has 0 saturated carbocycles. The first-order valence-electron chi connectivity index (χ1n) is 5.32. The molecule has 0 aliphatic rings. The molecule has 0 aromatic heterocycles. The summed E-state index contributed by atoms with van der Waals surface area (Å²) in [5, 5.41) is 8.58. The molecule has 0 bridgehead atoms. The van der Waals surface area contributed by atoms with Crippen molar-refractivity contribution in [2.45, 2.75) is 13.5 Å². The van der Waals surface area contributed by atoms with Gasteiger partial charge in [-0.25, -0.2) is 4.79 Å². The summed E-state index contributed by atoms with van der Waals surface area (Å²) in [5.74, 6) is -0.458. The smallest absolute Gasteiger partial charge is 0.337 e. The van der Waals surface area contributed by atoms with Gasteiger partial charge in [0.25, 0.3) is 0 Å². The molecule has 90 valence electrons. The number of hydrogen-bond donors (Lipinski definition) is 0. The SMILES string of the molecule is COC(=O)c1ccc(COCC(C)C#N)cc1. The molecule has 1 rings (SSSR count). The van der Waals surface area contributed by atoms with Gasteiger partial charge in [0.1, 0.15) is 0 Å². The van der Waals surface area contributed by atoms with Crippen LogP contribution in [0.5, 0.6) is 0 Å². The first-order valence-corrected chi connectivity index (χ1v) is 5.32. The highest BCUT2D eigenvalue weighted by Crippen LogP contribution is 2.07. The van der Waals surface area contributed by atoms with Gasteiger partial charge in [-0.05, 0) is 24.6 Å². The number of esters is 1. The first kappa shape index (κ1) is 13.2. The van der Waals surface area contributed by atoms with Crippen molar-refractivity contribution in [3.05, 3.63) is 35.4 Å². The van der Waals surface area contributed by atoms with Crippen LogP contribution in [0.15, 0.2) is 24.3 Å². The van der Waals surface area contributed by atoms with E-state index in [-0.39, 0.29) is 11.9 Å². The zero-order valence-electron chi connectivity index (χ0n) is 9.97. The summed E-state index contributed by atoms with van der Waals surface area (Å²) < 4.78 is 9.96. The van der Waals surface area contributed by atoms with E-state index in [1.165, 1.54) is 7.11 Å². The van der Waals surface area contributed by atoms with Crippen LogP contribution in [-0.4, -0.2) is 19.7 Å². The van der Waals surface area contributed by atoms with E-state index in [1.54, 1.807) is 19.1 Å². The Hall–Kier alpha value is -1.86. The minimum atomic E-state index is -0.351. The summed E-state index contributed by atoms with van der Waals surface area (Å²) in [6.07, 6.45) is 0. The van der Waals surface area contributed by atoms with E-state index in [0.29, 0.717) is 18.8 Å². The van der Waals surface area contributed by atoms with Gasteiger partial charge in [-0.15, -0.1) is 0 Å². The van der Waals surface area contributed by atoms with Gasteiger partial charge >= 0.3 is 5.97 Å². The van der Waals surface area contributed by atoms with Gasteiger partial charge in [0.2, 0.25) is 0 Å². The van der Waals surface area contributed by atoms with E-state index < -0.39 is 0 Å². The first-order chi connectivity index (χ1) is 8.17. The van der Waals surface area contributed by atoms with E-state index in [4.69, 9.17) is 10.00 Å². The predicted molar refractivity (Wildman–Crippen MR) is 62.2 cm³/mol. The average Bonchev–Trinajstić information content (AvgIpc) is 2.38. The molecule has 17 heavy (non-hydrogen) atoms. The molecule has 4 heteroatoms. The van der Waals surface area contributed by atoms with Gasteiger partial charge < -0.3 is 9.47 Å². The minimum Gasteiger partial charge on any atom is -0.465 e. The van der Waals surface area contributed by atoms with Crippen LogP contribution in [0.2, 0.25) is 0 Å². The van der Waals surface area contributed by atoms with E-state index >= 15 is 0 Å². The number of nitrogens with zero attached hydrogens (tertiary/aromatic N) is 1. The average molecular weight is 233 g/mol. The standard InChI is InChI=1S/C13H15NO3/c1-10(7-14)8-17-9-11-3-5-12(6-4-11)13(15)16-2/h3-6,10H,8-9H2,1-2H3. The molecule has 0 fully saturated rings. The van der Waals surface area contributed by atoms with E-state index in [9.17, 15) is 4.79 Å². The van der Waals surface area contributed by atoms with Crippen LogP contribution in [0.3, 0.4) is 0 Å². The summed E-state index contributed by atoms with van der Waals surface area (Å²) in [4.78, 5) is 11.2. The van der Waals surface area contributed by atoms with Crippen LogP contribution in [0.1, 0.15) is 22.8 Å². The van der Waals surface area contributed by atoms with Crippen molar-refractivity contribution in [1.29, 1.82) is 5.26 Å². The molecule has 0 N–H and O–H groups in total. The second kappa shape index (κ2) is 6.66.